The van der Waals surface area contributed by atoms with Crippen LogP contribution in [0.15, 0.2) is 0 Å². The number of carbonyl (C=O) groups is 1. The largest absolute Gasteiger partial charge is 0.343 e. The van der Waals surface area contributed by atoms with Gasteiger partial charge >= 0.3 is 0 Å². The summed E-state index contributed by atoms with van der Waals surface area (Å²) in [6, 6.07) is 0. The average molecular weight is 231 g/mol. The van der Waals surface area contributed by atoms with Gasteiger partial charge in [0.1, 0.15) is 0 Å². The number of amides is 1. The number of hydrogen-bond donors (Lipinski definition) is 0. The molecule has 2 nitrogen and oxygen atoms in total. The Kier molecular flexibility index (Phi) is 22.0. The predicted molar refractivity (Wildman–Crippen MR) is 74.7 cm³/mol. The Morgan fingerprint density at radius 1 is 1.19 bits per heavy atom. The standard InChI is InChI=1S/C7H13NO.C3H8.2C2H6/c1-6-3-4-8(5-6)7(2)9;1-3-2;2*1-2/h6H,3-5H2,1-2H3;3H2,1-2H3;2*1-2H3. The van der Waals surface area contributed by atoms with E-state index in [1.54, 1.807) is 6.92 Å². The summed E-state index contributed by atoms with van der Waals surface area (Å²) in [4.78, 5) is 12.6. The van der Waals surface area contributed by atoms with Crippen LogP contribution in [-0.2, 0) is 4.79 Å². The summed E-state index contributed by atoms with van der Waals surface area (Å²) in [5, 5.41) is 0. The molecule has 1 aliphatic rings. The van der Waals surface area contributed by atoms with E-state index in [4.69, 9.17) is 0 Å². The Labute approximate surface area is 103 Å². The molecule has 0 aliphatic carbocycles. The summed E-state index contributed by atoms with van der Waals surface area (Å²) >= 11 is 0. The fourth-order valence-corrected chi connectivity index (χ4v) is 1.22. The fourth-order valence-electron chi connectivity index (χ4n) is 1.22. The molecule has 1 unspecified atom stereocenters. The summed E-state index contributed by atoms with van der Waals surface area (Å²) in [5.41, 5.74) is 0. The molecule has 0 spiro atoms. The van der Waals surface area contributed by atoms with Gasteiger partial charge in [0, 0.05) is 20.0 Å². The van der Waals surface area contributed by atoms with Gasteiger partial charge in [-0.15, -0.1) is 0 Å². The van der Waals surface area contributed by atoms with Gasteiger partial charge in [-0.05, 0) is 12.3 Å². The highest BCUT2D eigenvalue weighted by Gasteiger charge is 2.19. The van der Waals surface area contributed by atoms with Crippen molar-refractivity contribution >= 4 is 5.91 Å². The fraction of sp³-hybridized carbons (Fsp3) is 0.929. The van der Waals surface area contributed by atoms with Crippen LogP contribution in [0.5, 0.6) is 0 Å². The Bertz CT molecular complexity index is 135. The molecular weight excluding hydrogens is 198 g/mol. The van der Waals surface area contributed by atoms with Crippen molar-refractivity contribution in [3.05, 3.63) is 0 Å². The first-order valence-corrected chi connectivity index (χ1v) is 6.87. The highest BCUT2D eigenvalue weighted by molar-refractivity contribution is 5.73. The van der Waals surface area contributed by atoms with Gasteiger partial charge in [0.05, 0.1) is 0 Å². The number of rotatable bonds is 0. The molecule has 1 saturated heterocycles. The van der Waals surface area contributed by atoms with Crippen molar-refractivity contribution in [3.63, 3.8) is 0 Å². The minimum atomic E-state index is 0.222. The molecule has 1 fully saturated rings. The van der Waals surface area contributed by atoms with E-state index in [0.717, 1.165) is 13.1 Å². The maximum Gasteiger partial charge on any atom is 0.219 e. The second-order valence-electron chi connectivity index (χ2n) is 3.57. The van der Waals surface area contributed by atoms with E-state index in [0.29, 0.717) is 5.92 Å². The molecule has 0 saturated carbocycles. The van der Waals surface area contributed by atoms with Crippen LogP contribution in [0.2, 0.25) is 0 Å². The summed E-state index contributed by atoms with van der Waals surface area (Å²) < 4.78 is 0. The van der Waals surface area contributed by atoms with E-state index >= 15 is 0 Å². The minimum Gasteiger partial charge on any atom is -0.343 e. The quantitative estimate of drug-likeness (QED) is 0.607. The molecule has 1 heterocycles. The molecular formula is C14H33NO. The molecule has 0 bridgehead atoms. The first kappa shape index (κ1) is 20.8. The smallest absolute Gasteiger partial charge is 0.219 e. The van der Waals surface area contributed by atoms with Crippen molar-refractivity contribution in [1.82, 2.24) is 4.90 Å². The third kappa shape index (κ3) is 13.5. The van der Waals surface area contributed by atoms with Crippen molar-refractivity contribution in [2.24, 2.45) is 5.92 Å². The molecule has 1 atom stereocenters. The lowest BCUT2D eigenvalue weighted by Gasteiger charge is -2.11. The Hall–Kier alpha value is -0.530. The van der Waals surface area contributed by atoms with Crippen molar-refractivity contribution in [2.45, 2.75) is 68.2 Å². The van der Waals surface area contributed by atoms with E-state index < -0.39 is 0 Å². The third-order valence-electron chi connectivity index (χ3n) is 1.87. The van der Waals surface area contributed by atoms with Gasteiger partial charge in [0.15, 0.2) is 0 Å². The summed E-state index contributed by atoms with van der Waals surface area (Å²) in [5.74, 6) is 0.938. The Morgan fingerprint density at radius 3 is 1.69 bits per heavy atom. The highest BCUT2D eigenvalue weighted by Crippen LogP contribution is 2.14. The zero-order valence-electron chi connectivity index (χ0n) is 12.8. The van der Waals surface area contributed by atoms with Gasteiger partial charge in [0.25, 0.3) is 0 Å². The molecule has 100 valence electrons. The number of likely N-dealkylation sites (tertiary alicyclic amines) is 1. The zero-order chi connectivity index (χ0) is 13.6. The van der Waals surface area contributed by atoms with Crippen LogP contribution >= 0.6 is 0 Å². The lowest BCUT2D eigenvalue weighted by molar-refractivity contribution is -0.127. The molecule has 1 rings (SSSR count). The number of carbonyl (C=O) groups excluding carboxylic acids is 1. The Balaban J connectivity index is -0.000000206. The average Bonchev–Trinajstić information content (AvgIpc) is 2.72. The summed E-state index contributed by atoms with van der Waals surface area (Å²) in [6.07, 6.45) is 2.43. The van der Waals surface area contributed by atoms with Crippen LogP contribution < -0.4 is 0 Å². The second kappa shape index (κ2) is 16.9. The van der Waals surface area contributed by atoms with Gasteiger partial charge in [-0.1, -0.05) is 54.9 Å². The lowest BCUT2D eigenvalue weighted by Crippen LogP contribution is -2.25. The van der Waals surface area contributed by atoms with Crippen LogP contribution in [0.25, 0.3) is 0 Å². The summed E-state index contributed by atoms with van der Waals surface area (Å²) in [6.45, 7) is 18.0. The van der Waals surface area contributed by atoms with Gasteiger partial charge in [-0.2, -0.15) is 0 Å². The predicted octanol–water partition coefficient (Wildman–Crippen LogP) is 4.34. The topological polar surface area (TPSA) is 20.3 Å². The first-order valence-electron chi connectivity index (χ1n) is 6.87. The maximum absolute atomic E-state index is 10.7. The van der Waals surface area contributed by atoms with Gasteiger partial charge < -0.3 is 4.90 Å². The molecule has 1 amide bonds. The van der Waals surface area contributed by atoms with Gasteiger partial charge in [-0.25, -0.2) is 0 Å². The molecule has 0 N–H and O–H groups in total. The number of hydrogen-bond acceptors (Lipinski definition) is 1. The van der Waals surface area contributed by atoms with E-state index in [1.165, 1.54) is 12.8 Å². The monoisotopic (exact) mass is 231 g/mol. The molecule has 0 aromatic rings. The van der Waals surface area contributed by atoms with E-state index in [9.17, 15) is 4.79 Å². The van der Waals surface area contributed by atoms with Crippen molar-refractivity contribution in [2.75, 3.05) is 13.1 Å². The third-order valence-corrected chi connectivity index (χ3v) is 1.87. The van der Waals surface area contributed by atoms with Crippen LogP contribution in [0.3, 0.4) is 0 Å². The molecule has 0 radical (unpaired) electrons. The maximum atomic E-state index is 10.7. The molecule has 1 aliphatic heterocycles. The van der Waals surface area contributed by atoms with Gasteiger partial charge in [0.2, 0.25) is 5.91 Å². The van der Waals surface area contributed by atoms with E-state index in [-0.39, 0.29) is 5.91 Å². The highest BCUT2D eigenvalue weighted by atomic mass is 16.2. The molecule has 2 heteroatoms. The van der Waals surface area contributed by atoms with E-state index in [2.05, 4.69) is 20.8 Å². The first-order chi connectivity index (χ1) is 7.61. The minimum absolute atomic E-state index is 0.222. The van der Waals surface area contributed by atoms with Crippen LogP contribution in [0.4, 0.5) is 0 Å². The lowest BCUT2D eigenvalue weighted by atomic mass is 10.2. The number of nitrogens with zero attached hydrogens (tertiary/aromatic N) is 1. The van der Waals surface area contributed by atoms with Crippen LogP contribution in [0, 0.1) is 5.92 Å². The normalized spacial score (nSPS) is 17.0. The second-order valence-corrected chi connectivity index (χ2v) is 3.57. The van der Waals surface area contributed by atoms with Gasteiger partial charge in [-0.3, -0.25) is 4.79 Å². The van der Waals surface area contributed by atoms with Crippen molar-refractivity contribution in [1.29, 1.82) is 0 Å². The van der Waals surface area contributed by atoms with E-state index in [1.807, 2.05) is 32.6 Å². The molecule has 0 aromatic heterocycles. The molecule has 16 heavy (non-hydrogen) atoms. The zero-order valence-corrected chi connectivity index (χ0v) is 12.8. The Morgan fingerprint density at radius 2 is 1.56 bits per heavy atom. The van der Waals surface area contributed by atoms with Crippen molar-refractivity contribution in [3.8, 4) is 0 Å². The summed E-state index contributed by atoms with van der Waals surface area (Å²) in [7, 11) is 0. The van der Waals surface area contributed by atoms with Crippen molar-refractivity contribution < 1.29 is 4.79 Å². The molecule has 0 aromatic carbocycles. The van der Waals surface area contributed by atoms with Crippen LogP contribution in [-0.4, -0.2) is 23.9 Å². The SMILES string of the molecule is CC.CC.CC(=O)N1CCC(C)C1.CCC. The van der Waals surface area contributed by atoms with Crippen LogP contribution in [0.1, 0.15) is 68.2 Å².